The van der Waals surface area contributed by atoms with Gasteiger partial charge < -0.3 is 14.4 Å². The quantitative estimate of drug-likeness (QED) is 0.576. The molecule has 31 heavy (non-hydrogen) atoms. The van der Waals surface area contributed by atoms with E-state index in [9.17, 15) is 9.59 Å². The standard InChI is InChI=1S/C25H32N2O4/c1-4-19-5-7-20(8-6-19)23(28)10-12-25(29)27-15-13-26(14-16-27)18-21-17-22(30-2)9-11-24(21)31-3/h5-9,11,17H,4,10,12-16,18H2,1-3H3. The Morgan fingerprint density at radius 3 is 2.23 bits per heavy atom. The Labute approximate surface area is 184 Å². The van der Waals surface area contributed by atoms with Crippen molar-refractivity contribution in [3.8, 4) is 11.5 Å². The summed E-state index contributed by atoms with van der Waals surface area (Å²) in [6.45, 7) is 5.75. The van der Waals surface area contributed by atoms with Gasteiger partial charge in [-0.1, -0.05) is 31.2 Å². The molecule has 6 nitrogen and oxygen atoms in total. The van der Waals surface area contributed by atoms with Crippen LogP contribution in [0.5, 0.6) is 11.5 Å². The number of rotatable bonds is 9. The number of carbonyl (C=O) groups is 2. The maximum atomic E-state index is 12.6. The van der Waals surface area contributed by atoms with Crippen molar-refractivity contribution in [2.45, 2.75) is 32.7 Å². The highest BCUT2D eigenvalue weighted by Crippen LogP contribution is 2.25. The summed E-state index contributed by atoms with van der Waals surface area (Å²) in [5, 5.41) is 0. The summed E-state index contributed by atoms with van der Waals surface area (Å²) < 4.78 is 10.8. The van der Waals surface area contributed by atoms with E-state index in [-0.39, 0.29) is 24.5 Å². The van der Waals surface area contributed by atoms with Gasteiger partial charge in [-0.2, -0.15) is 0 Å². The maximum Gasteiger partial charge on any atom is 0.223 e. The molecule has 0 bridgehead atoms. The van der Waals surface area contributed by atoms with Crippen LogP contribution < -0.4 is 9.47 Å². The molecule has 0 atom stereocenters. The summed E-state index contributed by atoms with van der Waals surface area (Å²) in [5.74, 6) is 1.72. The Bertz CT molecular complexity index is 887. The van der Waals surface area contributed by atoms with Gasteiger partial charge in [-0.05, 0) is 30.2 Å². The van der Waals surface area contributed by atoms with E-state index in [0.29, 0.717) is 18.7 Å². The number of aryl methyl sites for hydroxylation is 1. The van der Waals surface area contributed by atoms with E-state index >= 15 is 0 Å². The summed E-state index contributed by atoms with van der Waals surface area (Å²) in [6, 6.07) is 13.5. The van der Waals surface area contributed by atoms with Crippen molar-refractivity contribution in [3.63, 3.8) is 0 Å². The molecule has 1 fully saturated rings. The molecule has 0 unspecified atom stereocenters. The highest BCUT2D eigenvalue weighted by Gasteiger charge is 2.22. The van der Waals surface area contributed by atoms with Gasteiger partial charge in [-0.15, -0.1) is 0 Å². The molecular formula is C25H32N2O4. The van der Waals surface area contributed by atoms with Crippen LogP contribution >= 0.6 is 0 Å². The van der Waals surface area contributed by atoms with Crippen LogP contribution in [0.2, 0.25) is 0 Å². The first-order chi connectivity index (χ1) is 15.0. The van der Waals surface area contributed by atoms with Crippen molar-refractivity contribution in [1.82, 2.24) is 9.80 Å². The number of Topliss-reactive ketones (excluding diaryl/α,β-unsaturated/α-hetero) is 1. The lowest BCUT2D eigenvalue weighted by Gasteiger charge is -2.35. The van der Waals surface area contributed by atoms with Gasteiger partial charge in [0.05, 0.1) is 14.2 Å². The van der Waals surface area contributed by atoms with E-state index in [1.807, 2.05) is 47.4 Å². The number of nitrogens with zero attached hydrogens (tertiary/aromatic N) is 2. The summed E-state index contributed by atoms with van der Waals surface area (Å²) >= 11 is 0. The van der Waals surface area contributed by atoms with Gasteiger partial charge >= 0.3 is 0 Å². The predicted molar refractivity (Wildman–Crippen MR) is 121 cm³/mol. The summed E-state index contributed by atoms with van der Waals surface area (Å²) in [7, 11) is 3.32. The number of methoxy groups -OCH3 is 2. The maximum absolute atomic E-state index is 12.6. The Morgan fingerprint density at radius 2 is 1.61 bits per heavy atom. The fraction of sp³-hybridized carbons (Fsp3) is 0.440. The van der Waals surface area contributed by atoms with Gasteiger partial charge in [0.2, 0.25) is 5.91 Å². The first kappa shape index (κ1) is 22.8. The lowest BCUT2D eigenvalue weighted by Crippen LogP contribution is -2.48. The van der Waals surface area contributed by atoms with Crippen LogP contribution in [-0.4, -0.2) is 61.9 Å². The first-order valence-electron chi connectivity index (χ1n) is 10.9. The largest absolute Gasteiger partial charge is 0.497 e. The van der Waals surface area contributed by atoms with Crippen molar-refractivity contribution in [2.24, 2.45) is 0 Å². The Morgan fingerprint density at radius 1 is 0.903 bits per heavy atom. The van der Waals surface area contributed by atoms with Crippen LogP contribution in [0.4, 0.5) is 0 Å². The van der Waals surface area contributed by atoms with Crippen LogP contribution in [0.1, 0.15) is 41.3 Å². The molecule has 1 aliphatic rings. The number of amides is 1. The number of hydrogen-bond donors (Lipinski definition) is 0. The molecular weight excluding hydrogens is 392 g/mol. The molecule has 0 spiro atoms. The second-order valence-corrected chi connectivity index (χ2v) is 7.81. The molecule has 0 aliphatic carbocycles. The third-order valence-corrected chi connectivity index (χ3v) is 5.86. The lowest BCUT2D eigenvalue weighted by atomic mass is 10.0. The van der Waals surface area contributed by atoms with Crippen molar-refractivity contribution in [1.29, 1.82) is 0 Å². The van der Waals surface area contributed by atoms with Crippen molar-refractivity contribution in [3.05, 3.63) is 59.2 Å². The van der Waals surface area contributed by atoms with Crippen LogP contribution in [-0.2, 0) is 17.8 Å². The van der Waals surface area contributed by atoms with E-state index in [1.54, 1.807) is 14.2 Å². The molecule has 0 aromatic heterocycles. The second-order valence-electron chi connectivity index (χ2n) is 7.81. The number of benzene rings is 2. The van der Waals surface area contributed by atoms with Crippen molar-refractivity contribution < 1.29 is 19.1 Å². The summed E-state index contributed by atoms with van der Waals surface area (Å²) in [6.07, 6.45) is 1.47. The summed E-state index contributed by atoms with van der Waals surface area (Å²) in [5.41, 5.74) is 2.96. The molecule has 2 aromatic rings. The zero-order chi connectivity index (χ0) is 22.2. The lowest BCUT2D eigenvalue weighted by molar-refractivity contribution is -0.133. The molecule has 1 saturated heterocycles. The number of ether oxygens (including phenoxy) is 2. The van der Waals surface area contributed by atoms with E-state index in [1.165, 1.54) is 5.56 Å². The third kappa shape index (κ3) is 6.07. The summed E-state index contributed by atoms with van der Waals surface area (Å²) in [4.78, 5) is 29.2. The van der Waals surface area contributed by atoms with Crippen LogP contribution in [0, 0.1) is 0 Å². The fourth-order valence-electron chi connectivity index (χ4n) is 3.85. The Balaban J connectivity index is 1.47. The third-order valence-electron chi connectivity index (χ3n) is 5.86. The Kier molecular flexibility index (Phi) is 8.06. The molecule has 1 amide bonds. The Hall–Kier alpha value is -2.86. The number of carbonyl (C=O) groups excluding carboxylic acids is 2. The average molecular weight is 425 g/mol. The highest BCUT2D eigenvalue weighted by atomic mass is 16.5. The smallest absolute Gasteiger partial charge is 0.223 e. The normalized spacial score (nSPS) is 14.4. The minimum atomic E-state index is 0.0276. The zero-order valence-corrected chi connectivity index (χ0v) is 18.7. The van der Waals surface area contributed by atoms with Gasteiger partial charge in [-0.25, -0.2) is 0 Å². The molecule has 0 N–H and O–H groups in total. The molecule has 0 radical (unpaired) electrons. The van der Waals surface area contributed by atoms with Gasteiger partial charge in [0.15, 0.2) is 5.78 Å². The van der Waals surface area contributed by atoms with Crippen molar-refractivity contribution in [2.75, 3.05) is 40.4 Å². The van der Waals surface area contributed by atoms with E-state index in [4.69, 9.17) is 9.47 Å². The first-order valence-corrected chi connectivity index (χ1v) is 10.9. The van der Waals surface area contributed by atoms with E-state index < -0.39 is 0 Å². The average Bonchev–Trinajstić information content (AvgIpc) is 2.82. The van der Waals surface area contributed by atoms with Crippen LogP contribution in [0.3, 0.4) is 0 Å². The fourth-order valence-corrected chi connectivity index (χ4v) is 3.85. The molecule has 0 saturated carbocycles. The monoisotopic (exact) mass is 424 g/mol. The number of ketones is 1. The zero-order valence-electron chi connectivity index (χ0n) is 18.7. The van der Waals surface area contributed by atoms with Gasteiger partial charge in [0.25, 0.3) is 0 Å². The SMILES string of the molecule is CCc1ccc(C(=O)CCC(=O)N2CCN(Cc3cc(OC)ccc3OC)CC2)cc1. The highest BCUT2D eigenvalue weighted by molar-refractivity contribution is 5.98. The number of piperazine rings is 1. The predicted octanol–water partition coefficient (Wildman–Crippen LogP) is 3.57. The minimum Gasteiger partial charge on any atom is -0.497 e. The molecule has 2 aromatic carbocycles. The molecule has 6 heteroatoms. The molecule has 1 aliphatic heterocycles. The van der Waals surface area contributed by atoms with Crippen LogP contribution in [0.15, 0.2) is 42.5 Å². The van der Waals surface area contributed by atoms with E-state index in [2.05, 4.69) is 11.8 Å². The molecule has 3 rings (SSSR count). The van der Waals surface area contributed by atoms with Gasteiger partial charge in [0.1, 0.15) is 11.5 Å². The van der Waals surface area contributed by atoms with Crippen LogP contribution in [0.25, 0.3) is 0 Å². The molecule has 166 valence electrons. The van der Waals surface area contributed by atoms with Gasteiger partial charge in [-0.3, -0.25) is 14.5 Å². The van der Waals surface area contributed by atoms with Gasteiger partial charge in [0, 0.05) is 56.7 Å². The second kappa shape index (κ2) is 11.0. The molecule has 1 heterocycles. The number of hydrogen-bond acceptors (Lipinski definition) is 5. The van der Waals surface area contributed by atoms with Crippen molar-refractivity contribution >= 4 is 11.7 Å². The minimum absolute atomic E-state index is 0.0276. The van der Waals surface area contributed by atoms with E-state index in [0.717, 1.165) is 43.1 Å². The topological polar surface area (TPSA) is 59.1 Å².